The Kier molecular flexibility index (Phi) is 3.66. The summed E-state index contributed by atoms with van der Waals surface area (Å²) >= 11 is 0. The van der Waals surface area contributed by atoms with Crippen LogP contribution in [0.3, 0.4) is 0 Å². The highest BCUT2D eigenvalue weighted by molar-refractivity contribution is 5.93. The van der Waals surface area contributed by atoms with Gasteiger partial charge in [0.2, 0.25) is 5.91 Å². The van der Waals surface area contributed by atoms with Crippen LogP contribution >= 0.6 is 0 Å². The lowest BCUT2D eigenvalue weighted by Gasteiger charge is -2.22. The highest BCUT2D eigenvalue weighted by atomic mass is 19.1. The van der Waals surface area contributed by atoms with Crippen LogP contribution in [0.15, 0.2) is 24.3 Å². The number of likely N-dealkylation sites (tertiary alicyclic amines) is 1. The Balaban J connectivity index is 2.06. The van der Waals surface area contributed by atoms with E-state index in [2.05, 4.69) is 5.32 Å². The Labute approximate surface area is 109 Å². The lowest BCUT2D eigenvalue weighted by atomic mass is 10.2. The maximum absolute atomic E-state index is 12.7. The molecule has 0 saturated carbocycles. The molecule has 6 nitrogen and oxygen atoms in total. The first-order valence-electron chi connectivity index (χ1n) is 5.78. The zero-order valence-electron chi connectivity index (χ0n) is 10.0. The number of nitrogens with two attached hydrogens (primary N) is 1. The average molecular weight is 267 g/mol. The molecule has 7 heteroatoms. The Morgan fingerprint density at radius 3 is 2.58 bits per heavy atom. The number of carbonyl (C=O) groups is 2. The van der Waals surface area contributed by atoms with Gasteiger partial charge in [0.05, 0.1) is 6.10 Å². The second kappa shape index (κ2) is 5.23. The minimum Gasteiger partial charge on any atom is -0.391 e. The van der Waals surface area contributed by atoms with Crippen LogP contribution in [-0.2, 0) is 4.79 Å². The molecule has 2 atom stereocenters. The Morgan fingerprint density at radius 1 is 1.37 bits per heavy atom. The van der Waals surface area contributed by atoms with Gasteiger partial charge < -0.3 is 21.1 Å². The number of rotatable bonds is 2. The number of β-amino-alcohol motifs (C(OH)–C–C–N with tert-alkyl or cyclic N) is 1. The van der Waals surface area contributed by atoms with E-state index >= 15 is 0 Å². The number of halogens is 1. The van der Waals surface area contributed by atoms with Crippen molar-refractivity contribution in [1.82, 2.24) is 4.90 Å². The summed E-state index contributed by atoms with van der Waals surface area (Å²) in [6.07, 6.45) is -0.636. The van der Waals surface area contributed by atoms with E-state index < -0.39 is 29.9 Å². The lowest BCUT2D eigenvalue weighted by molar-refractivity contribution is -0.121. The fourth-order valence-corrected chi connectivity index (χ4v) is 2.04. The van der Waals surface area contributed by atoms with Crippen LogP contribution in [0, 0.1) is 5.82 Å². The Hall–Kier alpha value is -2.15. The van der Waals surface area contributed by atoms with Crippen molar-refractivity contribution in [2.24, 2.45) is 5.73 Å². The summed E-state index contributed by atoms with van der Waals surface area (Å²) in [6, 6.07) is 3.85. The predicted molar refractivity (Wildman–Crippen MR) is 65.7 cm³/mol. The van der Waals surface area contributed by atoms with Crippen LogP contribution in [0.1, 0.15) is 6.42 Å². The van der Waals surface area contributed by atoms with Crippen LogP contribution in [0.4, 0.5) is 14.9 Å². The van der Waals surface area contributed by atoms with Crippen LogP contribution in [0.25, 0.3) is 0 Å². The van der Waals surface area contributed by atoms with Gasteiger partial charge in [-0.15, -0.1) is 0 Å². The molecule has 0 bridgehead atoms. The normalized spacial score (nSPS) is 22.3. The summed E-state index contributed by atoms with van der Waals surface area (Å²) in [5.41, 5.74) is 5.58. The first-order valence-corrected chi connectivity index (χ1v) is 5.78. The molecule has 1 aliphatic heterocycles. The van der Waals surface area contributed by atoms with E-state index in [1.165, 1.54) is 29.2 Å². The topological polar surface area (TPSA) is 95.7 Å². The first-order chi connectivity index (χ1) is 8.97. The number of aliphatic hydroxyl groups is 1. The summed E-state index contributed by atoms with van der Waals surface area (Å²) < 4.78 is 12.7. The number of primary amides is 1. The van der Waals surface area contributed by atoms with Crippen molar-refractivity contribution in [3.8, 4) is 0 Å². The molecule has 1 heterocycles. The van der Waals surface area contributed by atoms with Crippen molar-refractivity contribution >= 4 is 17.6 Å². The van der Waals surface area contributed by atoms with E-state index in [0.29, 0.717) is 5.69 Å². The summed E-state index contributed by atoms with van der Waals surface area (Å²) in [7, 11) is 0. The third-order valence-electron chi connectivity index (χ3n) is 2.96. The molecule has 0 spiro atoms. The highest BCUT2D eigenvalue weighted by Gasteiger charge is 2.37. The molecule has 2 unspecified atom stereocenters. The molecule has 1 aliphatic rings. The summed E-state index contributed by atoms with van der Waals surface area (Å²) in [4.78, 5) is 24.3. The fraction of sp³-hybridized carbons (Fsp3) is 0.333. The molecule has 3 amide bonds. The van der Waals surface area contributed by atoms with E-state index in [9.17, 15) is 19.1 Å². The molecule has 102 valence electrons. The number of hydrogen-bond acceptors (Lipinski definition) is 3. The average Bonchev–Trinajstić information content (AvgIpc) is 2.74. The third kappa shape index (κ3) is 3.00. The van der Waals surface area contributed by atoms with E-state index in [0.717, 1.165) is 0 Å². The molecule has 0 aliphatic carbocycles. The van der Waals surface area contributed by atoms with E-state index in [1.807, 2.05) is 0 Å². The van der Waals surface area contributed by atoms with Gasteiger partial charge in [0, 0.05) is 18.7 Å². The number of benzene rings is 1. The molecule has 0 radical (unpaired) electrons. The highest BCUT2D eigenvalue weighted by Crippen LogP contribution is 2.19. The van der Waals surface area contributed by atoms with Crippen molar-refractivity contribution in [2.45, 2.75) is 18.6 Å². The summed E-state index contributed by atoms with van der Waals surface area (Å²) in [5, 5.41) is 12.0. The van der Waals surface area contributed by atoms with Gasteiger partial charge in [0.25, 0.3) is 0 Å². The van der Waals surface area contributed by atoms with E-state index in [-0.39, 0.29) is 13.0 Å². The molecule has 0 aromatic heterocycles. The Morgan fingerprint density at radius 2 is 2.00 bits per heavy atom. The van der Waals surface area contributed by atoms with E-state index in [1.54, 1.807) is 0 Å². The molecule has 1 fully saturated rings. The smallest absolute Gasteiger partial charge is 0.322 e. The molecule has 1 aromatic rings. The molecular weight excluding hydrogens is 253 g/mol. The van der Waals surface area contributed by atoms with Crippen molar-refractivity contribution in [3.05, 3.63) is 30.1 Å². The quantitative estimate of drug-likeness (QED) is 0.718. The number of hydrogen-bond donors (Lipinski definition) is 3. The second-order valence-electron chi connectivity index (χ2n) is 4.40. The van der Waals surface area contributed by atoms with Gasteiger partial charge in [0.1, 0.15) is 11.9 Å². The van der Waals surface area contributed by atoms with Gasteiger partial charge in [-0.1, -0.05) is 0 Å². The summed E-state index contributed by atoms with van der Waals surface area (Å²) in [5.74, 6) is -1.07. The van der Waals surface area contributed by atoms with Gasteiger partial charge in [-0.3, -0.25) is 4.79 Å². The largest absolute Gasteiger partial charge is 0.391 e. The molecule has 19 heavy (non-hydrogen) atoms. The molecular formula is C12H14FN3O3. The van der Waals surface area contributed by atoms with Crippen molar-refractivity contribution in [3.63, 3.8) is 0 Å². The molecule has 1 saturated heterocycles. The first kappa shape index (κ1) is 13.3. The van der Waals surface area contributed by atoms with Crippen LogP contribution in [-0.4, -0.2) is 40.6 Å². The SMILES string of the molecule is NC(=O)C1CC(O)CN1C(=O)Nc1ccc(F)cc1. The number of carbonyl (C=O) groups excluding carboxylic acids is 2. The number of nitrogens with one attached hydrogen (secondary N) is 1. The minimum absolute atomic E-state index is 0.0423. The maximum atomic E-state index is 12.7. The summed E-state index contributed by atoms with van der Waals surface area (Å²) in [6.45, 7) is 0.0423. The molecule has 1 aromatic carbocycles. The maximum Gasteiger partial charge on any atom is 0.322 e. The number of nitrogens with zero attached hydrogens (tertiary/aromatic N) is 1. The minimum atomic E-state index is -0.824. The van der Waals surface area contributed by atoms with E-state index in [4.69, 9.17) is 5.73 Å². The van der Waals surface area contributed by atoms with Crippen LogP contribution in [0.5, 0.6) is 0 Å². The number of urea groups is 1. The fourth-order valence-electron chi connectivity index (χ4n) is 2.04. The van der Waals surface area contributed by atoms with Crippen LogP contribution < -0.4 is 11.1 Å². The Bertz CT molecular complexity index is 491. The van der Waals surface area contributed by atoms with Gasteiger partial charge in [0.15, 0.2) is 0 Å². The third-order valence-corrected chi connectivity index (χ3v) is 2.96. The van der Waals surface area contributed by atoms with Gasteiger partial charge in [-0.25, -0.2) is 9.18 Å². The molecule has 2 rings (SSSR count). The van der Waals surface area contributed by atoms with Crippen molar-refractivity contribution < 1.29 is 19.1 Å². The second-order valence-corrected chi connectivity index (χ2v) is 4.40. The van der Waals surface area contributed by atoms with Gasteiger partial charge in [-0.2, -0.15) is 0 Å². The van der Waals surface area contributed by atoms with Crippen LogP contribution in [0.2, 0.25) is 0 Å². The van der Waals surface area contributed by atoms with Gasteiger partial charge >= 0.3 is 6.03 Å². The monoisotopic (exact) mass is 267 g/mol. The number of aliphatic hydroxyl groups excluding tert-OH is 1. The zero-order chi connectivity index (χ0) is 14.0. The van der Waals surface area contributed by atoms with Crippen molar-refractivity contribution in [2.75, 3.05) is 11.9 Å². The zero-order valence-corrected chi connectivity index (χ0v) is 10.0. The predicted octanol–water partition coefficient (Wildman–Crippen LogP) is 0.278. The van der Waals surface area contributed by atoms with Crippen molar-refractivity contribution in [1.29, 1.82) is 0 Å². The molecule has 4 N–H and O–H groups in total. The number of amides is 3. The lowest BCUT2D eigenvalue weighted by Crippen LogP contribution is -2.45. The standard InChI is InChI=1S/C12H14FN3O3/c13-7-1-3-8(4-2-7)15-12(19)16-6-9(17)5-10(16)11(14)18/h1-4,9-10,17H,5-6H2,(H2,14,18)(H,15,19). The number of anilines is 1. The van der Waals surface area contributed by atoms with Gasteiger partial charge in [-0.05, 0) is 24.3 Å².